The van der Waals surface area contributed by atoms with Gasteiger partial charge in [0.1, 0.15) is 10.7 Å². The van der Waals surface area contributed by atoms with Crippen LogP contribution in [0.25, 0.3) is 0 Å². The predicted molar refractivity (Wildman–Crippen MR) is 82.8 cm³/mol. The van der Waals surface area contributed by atoms with Gasteiger partial charge >= 0.3 is 0 Å². The number of aromatic nitrogens is 1. The van der Waals surface area contributed by atoms with Gasteiger partial charge in [-0.05, 0) is 12.8 Å². The zero-order valence-corrected chi connectivity index (χ0v) is 13.2. The summed E-state index contributed by atoms with van der Waals surface area (Å²) in [5.74, 6) is 0.248. The molecule has 8 heteroatoms. The summed E-state index contributed by atoms with van der Waals surface area (Å²) in [5.41, 5.74) is 5.86. The average Bonchev–Trinajstić information content (AvgIpc) is 2.88. The summed E-state index contributed by atoms with van der Waals surface area (Å²) in [7, 11) is 3.35. The van der Waals surface area contributed by atoms with Gasteiger partial charge in [-0.25, -0.2) is 4.98 Å². The molecule has 0 radical (unpaired) electrons. The Labute approximate surface area is 128 Å². The summed E-state index contributed by atoms with van der Waals surface area (Å²) in [6.45, 7) is 2.60. The highest BCUT2D eigenvalue weighted by molar-refractivity contribution is 7.18. The number of nitrogens with one attached hydrogen (secondary N) is 1. The third-order valence-electron chi connectivity index (χ3n) is 3.49. The molecule has 1 fully saturated rings. The second kappa shape index (κ2) is 7.58. The van der Waals surface area contributed by atoms with E-state index in [0.29, 0.717) is 42.1 Å². The van der Waals surface area contributed by atoms with E-state index in [1.165, 1.54) is 11.3 Å². The number of thiazole rings is 1. The van der Waals surface area contributed by atoms with Crippen LogP contribution in [-0.4, -0.2) is 62.4 Å². The first kappa shape index (κ1) is 16.0. The number of hydrogen-bond acceptors (Lipinski definition) is 7. The Morgan fingerprint density at radius 2 is 2.19 bits per heavy atom. The summed E-state index contributed by atoms with van der Waals surface area (Å²) < 4.78 is 10.3. The number of nitrogens with zero attached hydrogens (tertiary/aromatic N) is 2. The van der Waals surface area contributed by atoms with E-state index >= 15 is 0 Å². The number of nitrogen functional groups attached to an aromatic ring is 1. The van der Waals surface area contributed by atoms with Gasteiger partial charge in [-0.3, -0.25) is 4.79 Å². The van der Waals surface area contributed by atoms with Crippen LogP contribution in [0.4, 0.5) is 10.9 Å². The molecule has 7 nitrogen and oxygen atoms in total. The first-order valence-electron chi connectivity index (χ1n) is 6.97. The zero-order valence-electron chi connectivity index (χ0n) is 12.4. The van der Waals surface area contributed by atoms with Gasteiger partial charge in [0, 0.05) is 33.9 Å². The smallest absolute Gasteiger partial charge is 0.267 e. The monoisotopic (exact) mass is 314 g/mol. The van der Waals surface area contributed by atoms with Crippen LogP contribution in [-0.2, 0) is 9.47 Å². The number of nitrogens with two attached hydrogens (primary N) is 1. The molecule has 0 saturated carbocycles. The van der Waals surface area contributed by atoms with Gasteiger partial charge in [-0.15, -0.1) is 0 Å². The zero-order chi connectivity index (χ0) is 15.2. The van der Waals surface area contributed by atoms with E-state index in [2.05, 4.69) is 10.3 Å². The fourth-order valence-electron chi connectivity index (χ4n) is 2.26. The van der Waals surface area contributed by atoms with Gasteiger partial charge in [-0.1, -0.05) is 11.3 Å². The normalized spacial score (nSPS) is 16.2. The number of likely N-dealkylation sites (tertiary alicyclic amines) is 1. The molecule has 1 aromatic heterocycles. The number of piperidine rings is 1. The van der Waals surface area contributed by atoms with E-state index in [1.54, 1.807) is 14.2 Å². The molecule has 1 aromatic rings. The van der Waals surface area contributed by atoms with Crippen LogP contribution >= 0.6 is 11.3 Å². The number of anilines is 2. The third kappa shape index (κ3) is 4.05. The van der Waals surface area contributed by atoms with Crippen LogP contribution in [0, 0.1) is 0 Å². The molecule has 1 amide bonds. The number of hydrogen-bond donors (Lipinski definition) is 2. The van der Waals surface area contributed by atoms with Gasteiger partial charge < -0.3 is 25.4 Å². The fourth-order valence-corrected chi connectivity index (χ4v) is 3.14. The van der Waals surface area contributed by atoms with E-state index < -0.39 is 0 Å². The standard InChI is InChI=1S/C13H22N4O3S/c1-19-8-5-15-13-16-11(14)10(21-13)12(18)17-6-3-9(20-2)4-7-17/h9H,3-8,14H2,1-2H3,(H,15,16). The minimum Gasteiger partial charge on any atom is -0.383 e. The lowest BCUT2D eigenvalue weighted by atomic mass is 10.1. The summed E-state index contributed by atoms with van der Waals surface area (Å²) >= 11 is 1.29. The molecular weight excluding hydrogens is 292 g/mol. The molecule has 118 valence electrons. The third-order valence-corrected chi connectivity index (χ3v) is 4.51. The lowest BCUT2D eigenvalue weighted by Crippen LogP contribution is -2.40. The molecule has 0 aliphatic carbocycles. The largest absolute Gasteiger partial charge is 0.383 e. The summed E-state index contributed by atoms with van der Waals surface area (Å²) in [6, 6.07) is 0. The van der Waals surface area contributed by atoms with Crippen LogP contribution in [0.3, 0.4) is 0 Å². The van der Waals surface area contributed by atoms with Gasteiger partial charge in [0.15, 0.2) is 5.13 Å². The van der Waals surface area contributed by atoms with E-state index in [0.717, 1.165) is 12.8 Å². The molecule has 1 aliphatic rings. The first-order chi connectivity index (χ1) is 10.2. The molecule has 1 aliphatic heterocycles. The van der Waals surface area contributed by atoms with E-state index in [1.807, 2.05) is 4.90 Å². The highest BCUT2D eigenvalue weighted by atomic mass is 32.1. The Bertz CT molecular complexity index is 472. The van der Waals surface area contributed by atoms with Crippen LogP contribution in [0.5, 0.6) is 0 Å². The van der Waals surface area contributed by atoms with Gasteiger partial charge in [0.2, 0.25) is 0 Å². The van der Waals surface area contributed by atoms with Gasteiger partial charge in [0.25, 0.3) is 5.91 Å². The molecule has 21 heavy (non-hydrogen) atoms. The number of carbonyl (C=O) groups excluding carboxylic acids is 1. The Balaban J connectivity index is 1.96. The Morgan fingerprint density at radius 3 is 2.81 bits per heavy atom. The van der Waals surface area contributed by atoms with Crippen LogP contribution in [0.1, 0.15) is 22.5 Å². The van der Waals surface area contributed by atoms with Crippen molar-refractivity contribution in [2.45, 2.75) is 18.9 Å². The second-order valence-corrected chi connectivity index (χ2v) is 5.88. The second-order valence-electron chi connectivity index (χ2n) is 4.88. The van der Waals surface area contributed by atoms with Crippen molar-refractivity contribution in [1.29, 1.82) is 0 Å². The minimum atomic E-state index is -0.0423. The molecular formula is C13H22N4O3S. The number of ether oxygens (including phenoxy) is 2. The molecule has 2 heterocycles. The Hall–Kier alpha value is -1.38. The maximum atomic E-state index is 12.5. The molecule has 0 bridgehead atoms. The topological polar surface area (TPSA) is 89.7 Å². The summed E-state index contributed by atoms with van der Waals surface area (Å²) in [5, 5.41) is 3.74. The number of rotatable bonds is 6. The summed E-state index contributed by atoms with van der Waals surface area (Å²) in [4.78, 5) is 19.0. The van der Waals surface area contributed by atoms with E-state index in [9.17, 15) is 4.79 Å². The molecule has 0 unspecified atom stereocenters. The molecule has 0 atom stereocenters. The number of amides is 1. The van der Waals surface area contributed by atoms with Gasteiger partial charge in [-0.2, -0.15) is 0 Å². The molecule has 3 N–H and O–H groups in total. The molecule has 2 rings (SSSR count). The van der Waals surface area contributed by atoms with Crippen molar-refractivity contribution in [2.75, 3.05) is 51.5 Å². The van der Waals surface area contributed by atoms with E-state index in [4.69, 9.17) is 15.2 Å². The van der Waals surface area contributed by atoms with Crippen molar-refractivity contribution in [3.8, 4) is 0 Å². The van der Waals surface area contributed by atoms with Crippen molar-refractivity contribution in [2.24, 2.45) is 0 Å². The highest BCUT2D eigenvalue weighted by Gasteiger charge is 2.26. The molecule has 0 aromatic carbocycles. The minimum absolute atomic E-state index is 0.0423. The van der Waals surface area contributed by atoms with Gasteiger partial charge in [0.05, 0.1) is 12.7 Å². The fraction of sp³-hybridized carbons (Fsp3) is 0.692. The molecule has 1 saturated heterocycles. The SMILES string of the molecule is COCCNc1nc(N)c(C(=O)N2CCC(OC)CC2)s1. The first-order valence-corrected chi connectivity index (χ1v) is 7.78. The number of carbonyl (C=O) groups is 1. The van der Waals surface area contributed by atoms with Crippen LogP contribution in [0.2, 0.25) is 0 Å². The van der Waals surface area contributed by atoms with Crippen LogP contribution < -0.4 is 11.1 Å². The van der Waals surface area contributed by atoms with Crippen molar-refractivity contribution in [1.82, 2.24) is 9.88 Å². The van der Waals surface area contributed by atoms with Crippen LogP contribution in [0.15, 0.2) is 0 Å². The van der Waals surface area contributed by atoms with Crippen molar-refractivity contribution in [3.05, 3.63) is 4.88 Å². The van der Waals surface area contributed by atoms with E-state index in [-0.39, 0.29) is 12.0 Å². The lowest BCUT2D eigenvalue weighted by molar-refractivity contribution is 0.0354. The average molecular weight is 314 g/mol. The maximum absolute atomic E-state index is 12.5. The van der Waals surface area contributed by atoms with Crippen molar-refractivity contribution < 1.29 is 14.3 Å². The maximum Gasteiger partial charge on any atom is 0.267 e. The Kier molecular flexibility index (Phi) is 5.77. The van der Waals surface area contributed by atoms with Crippen molar-refractivity contribution >= 4 is 28.2 Å². The van der Waals surface area contributed by atoms with Crippen molar-refractivity contribution in [3.63, 3.8) is 0 Å². The lowest BCUT2D eigenvalue weighted by Gasteiger charge is -2.30. The Morgan fingerprint density at radius 1 is 1.48 bits per heavy atom. The number of methoxy groups -OCH3 is 2. The molecule has 0 spiro atoms. The highest BCUT2D eigenvalue weighted by Crippen LogP contribution is 2.27. The summed E-state index contributed by atoms with van der Waals surface area (Å²) in [6.07, 6.45) is 1.97. The predicted octanol–water partition coefficient (Wildman–Crippen LogP) is 1.03. The quantitative estimate of drug-likeness (QED) is 0.763.